The topological polar surface area (TPSA) is 52.0 Å². The van der Waals surface area contributed by atoms with Crippen LogP contribution in [0.15, 0.2) is 30.9 Å². The van der Waals surface area contributed by atoms with E-state index in [2.05, 4.69) is 6.58 Å². The number of nitrogens with two attached hydrogens (primary N) is 2. The predicted octanol–water partition coefficient (Wildman–Crippen LogP) is 1.76. The van der Waals surface area contributed by atoms with E-state index in [1.165, 1.54) is 0 Å². The van der Waals surface area contributed by atoms with Crippen molar-refractivity contribution in [1.82, 2.24) is 0 Å². The number of nitrogen functional groups attached to an aromatic ring is 1. The zero-order chi connectivity index (χ0) is 9.14. The third-order valence-corrected chi connectivity index (χ3v) is 1.86. The van der Waals surface area contributed by atoms with Gasteiger partial charge >= 0.3 is 0 Å². The fourth-order valence-corrected chi connectivity index (χ4v) is 1.12. The molecule has 0 heterocycles. The number of anilines is 1. The lowest BCUT2D eigenvalue weighted by molar-refractivity contribution is 0.917. The first-order valence-electron chi connectivity index (χ1n) is 3.89. The second-order valence-corrected chi connectivity index (χ2v) is 2.89. The smallest absolute Gasteiger partial charge is 0.0499 e. The van der Waals surface area contributed by atoms with Gasteiger partial charge < -0.3 is 11.5 Å². The highest BCUT2D eigenvalue weighted by Gasteiger charge is 2.04. The second kappa shape index (κ2) is 3.41. The number of benzene rings is 1. The Hall–Kier alpha value is -1.28. The van der Waals surface area contributed by atoms with Gasteiger partial charge in [0.05, 0.1) is 0 Å². The zero-order valence-corrected chi connectivity index (χ0v) is 7.25. The van der Waals surface area contributed by atoms with Gasteiger partial charge in [-0.3, -0.25) is 0 Å². The van der Waals surface area contributed by atoms with E-state index >= 15 is 0 Å². The minimum Gasteiger partial charge on any atom is -0.398 e. The molecule has 0 aliphatic heterocycles. The van der Waals surface area contributed by atoms with Crippen LogP contribution in [0, 0.1) is 6.92 Å². The van der Waals surface area contributed by atoms with Crippen molar-refractivity contribution in [2.45, 2.75) is 13.0 Å². The molecule has 1 aromatic carbocycles. The summed E-state index contributed by atoms with van der Waals surface area (Å²) in [5.41, 5.74) is 14.3. The molecule has 1 rings (SSSR count). The lowest BCUT2D eigenvalue weighted by Gasteiger charge is -2.10. The summed E-state index contributed by atoms with van der Waals surface area (Å²) in [4.78, 5) is 0. The molecule has 0 amide bonds. The summed E-state index contributed by atoms with van der Waals surface area (Å²) in [7, 11) is 0. The average Bonchev–Trinajstić information content (AvgIpc) is 2.03. The van der Waals surface area contributed by atoms with Gasteiger partial charge in [0.15, 0.2) is 0 Å². The molecule has 1 atom stereocenters. The van der Waals surface area contributed by atoms with Crippen LogP contribution in [-0.2, 0) is 0 Å². The van der Waals surface area contributed by atoms with Crippen molar-refractivity contribution in [3.05, 3.63) is 42.0 Å². The second-order valence-electron chi connectivity index (χ2n) is 2.89. The third kappa shape index (κ3) is 1.66. The molecule has 1 unspecified atom stereocenters. The largest absolute Gasteiger partial charge is 0.398 e. The summed E-state index contributed by atoms with van der Waals surface area (Å²) in [5.74, 6) is 0. The maximum absolute atomic E-state index is 5.77. The van der Waals surface area contributed by atoms with E-state index in [1.54, 1.807) is 6.08 Å². The molecule has 2 heteroatoms. The van der Waals surface area contributed by atoms with E-state index in [-0.39, 0.29) is 6.04 Å². The molecule has 0 saturated heterocycles. The molecule has 2 nitrogen and oxygen atoms in total. The van der Waals surface area contributed by atoms with Crippen LogP contribution in [0.4, 0.5) is 5.69 Å². The normalized spacial score (nSPS) is 12.5. The first kappa shape index (κ1) is 8.81. The number of hydrogen-bond acceptors (Lipinski definition) is 2. The molecular weight excluding hydrogens is 148 g/mol. The Kier molecular flexibility index (Phi) is 2.51. The van der Waals surface area contributed by atoms with Crippen LogP contribution in [0.2, 0.25) is 0 Å². The molecule has 0 aliphatic carbocycles. The van der Waals surface area contributed by atoms with Crippen molar-refractivity contribution in [3.8, 4) is 0 Å². The van der Waals surface area contributed by atoms with Crippen molar-refractivity contribution in [3.63, 3.8) is 0 Å². The molecule has 0 aliphatic rings. The zero-order valence-electron chi connectivity index (χ0n) is 7.25. The van der Waals surface area contributed by atoms with Crippen molar-refractivity contribution < 1.29 is 0 Å². The fourth-order valence-electron chi connectivity index (χ4n) is 1.12. The van der Waals surface area contributed by atoms with E-state index in [9.17, 15) is 0 Å². The van der Waals surface area contributed by atoms with Crippen molar-refractivity contribution in [2.75, 3.05) is 5.73 Å². The Morgan fingerprint density at radius 2 is 2.17 bits per heavy atom. The Bertz CT molecular complexity index is 292. The maximum Gasteiger partial charge on any atom is 0.0499 e. The molecular formula is C10H14N2. The maximum atomic E-state index is 5.77. The van der Waals surface area contributed by atoms with E-state index in [4.69, 9.17) is 11.5 Å². The lowest BCUT2D eigenvalue weighted by Crippen LogP contribution is -2.09. The molecule has 0 bridgehead atoms. The molecule has 0 aromatic heterocycles. The van der Waals surface area contributed by atoms with Gasteiger partial charge in [-0.1, -0.05) is 18.2 Å². The van der Waals surface area contributed by atoms with Gasteiger partial charge in [0.1, 0.15) is 0 Å². The number of hydrogen-bond donors (Lipinski definition) is 2. The molecule has 0 fully saturated rings. The Balaban J connectivity index is 3.09. The molecule has 12 heavy (non-hydrogen) atoms. The molecule has 0 saturated carbocycles. The number of rotatable bonds is 2. The van der Waals surface area contributed by atoms with Crippen molar-refractivity contribution in [1.29, 1.82) is 0 Å². The third-order valence-electron chi connectivity index (χ3n) is 1.86. The highest BCUT2D eigenvalue weighted by Crippen LogP contribution is 2.20. The Morgan fingerprint density at radius 1 is 1.50 bits per heavy atom. The van der Waals surface area contributed by atoms with Crippen LogP contribution in [0.5, 0.6) is 0 Å². The monoisotopic (exact) mass is 162 g/mol. The molecule has 4 N–H and O–H groups in total. The SMILES string of the molecule is C=CC(N)c1ccc(C)cc1N. The van der Waals surface area contributed by atoms with Crippen LogP contribution < -0.4 is 11.5 Å². The lowest BCUT2D eigenvalue weighted by atomic mass is 10.0. The van der Waals surface area contributed by atoms with E-state index in [0.717, 1.165) is 16.8 Å². The predicted molar refractivity (Wildman–Crippen MR) is 52.7 cm³/mol. The Morgan fingerprint density at radius 3 is 2.67 bits per heavy atom. The van der Waals surface area contributed by atoms with Crippen LogP contribution in [-0.4, -0.2) is 0 Å². The summed E-state index contributed by atoms with van der Waals surface area (Å²) < 4.78 is 0. The van der Waals surface area contributed by atoms with E-state index in [0.29, 0.717) is 0 Å². The number of aryl methyl sites for hydroxylation is 1. The highest BCUT2D eigenvalue weighted by atomic mass is 14.7. The average molecular weight is 162 g/mol. The summed E-state index contributed by atoms with van der Waals surface area (Å²) in [5, 5.41) is 0. The highest BCUT2D eigenvalue weighted by molar-refractivity contribution is 5.51. The molecule has 1 aromatic rings. The van der Waals surface area contributed by atoms with Gasteiger partial charge in [0.2, 0.25) is 0 Å². The van der Waals surface area contributed by atoms with Crippen LogP contribution >= 0.6 is 0 Å². The van der Waals surface area contributed by atoms with E-state index < -0.39 is 0 Å². The standard InChI is InChI=1S/C10H14N2/c1-3-9(11)8-5-4-7(2)6-10(8)12/h3-6,9H,1,11-12H2,2H3. The first-order chi connectivity index (χ1) is 5.65. The molecule has 0 spiro atoms. The van der Waals surface area contributed by atoms with Crippen molar-refractivity contribution >= 4 is 5.69 Å². The quantitative estimate of drug-likeness (QED) is 0.514. The fraction of sp³-hybridized carbons (Fsp3) is 0.200. The summed E-state index contributed by atoms with van der Waals surface area (Å²) in [6.07, 6.45) is 1.68. The first-order valence-corrected chi connectivity index (χ1v) is 3.89. The van der Waals surface area contributed by atoms with E-state index in [1.807, 2.05) is 25.1 Å². The van der Waals surface area contributed by atoms with Crippen LogP contribution in [0.1, 0.15) is 17.2 Å². The molecule has 64 valence electrons. The molecule has 0 radical (unpaired) electrons. The van der Waals surface area contributed by atoms with Crippen LogP contribution in [0.25, 0.3) is 0 Å². The Labute approximate surface area is 72.9 Å². The summed E-state index contributed by atoms with van der Waals surface area (Å²) in [6.45, 7) is 5.62. The summed E-state index contributed by atoms with van der Waals surface area (Å²) in [6, 6.07) is 5.69. The summed E-state index contributed by atoms with van der Waals surface area (Å²) >= 11 is 0. The minimum atomic E-state index is -0.161. The van der Waals surface area contributed by atoms with Crippen molar-refractivity contribution in [2.24, 2.45) is 5.73 Å². The minimum absolute atomic E-state index is 0.161. The van der Waals surface area contributed by atoms with Gasteiger partial charge in [-0.15, -0.1) is 6.58 Å². The van der Waals surface area contributed by atoms with Gasteiger partial charge in [-0.2, -0.15) is 0 Å². The van der Waals surface area contributed by atoms with Gasteiger partial charge in [-0.05, 0) is 24.1 Å². The van der Waals surface area contributed by atoms with Gasteiger partial charge in [-0.25, -0.2) is 0 Å². The van der Waals surface area contributed by atoms with Gasteiger partial charge in [0.25, 0.3) is 0 Å². The van der Waals surface area contributed by atoms with Gasteiger partial charge in [0, 0.05) is 11.7 Å². The van der Waals surface area contributed by atoms with Crippen LogP contribution in [0.3, 0.4) is 0 Å².